The van der Waals surface area contributed by atoms with Gasteiger partial charge in [0.15, 0.2) is 11.5 Å². The molecule has 4 heterocycles. The number of nitrogens with one attached hydrogen (secondary N) is 1. The molecule has 2 aliphatic rings. The number of anilines is 2. The maximum absolute atomic E-state index is 12.8. The Kier molecular flexibility index (Phi) is 5.78. The third-order valence-electron chi connectivity index (χ3n) is 6.65. The number of imidazole rings is 1. The van der Waals surface area contributed by atoms with E-state index in [1.807, 2.05) is 4.90 Å². The van der Waals surface area contributed by atoms with E-state index in [2.05, 4.69) is 25.3 Å². The monoisotopic (exact) mass is 479 g/mol. The van der Waals surface area contributed by atoms with Crippen LogP contribution in [0.3, 0.4) is 0 Å². The molecule has 34 heavy (non-hydrogen) atoms. The van der Waals surface area contributed by atoms with Gasteiger partial charge >= 0.3 is 6.18 Å². The van der Waals surface area contributed by atoms with Gasteiger partial charge in [0, 0.05) is 37.9 Å². The predicted molar refractivity (Wildman–Crippen MR) is 115 cm³/mol. The van der Waals surface area contributed by atoms with E-state index in [-0.39, 0.29) is 12.6 Å². The van der Waals surface area contributed by atoms with Crippen LogP contribution < -0.4 is 10.2 Å². The van der Waals surface area contributed by atoms with Crippen LogP contribution in [-0.2, 0) is 6.18 Å². The number of rotatable bonds is 5. The molecule has 1 saturated carbocycles. The molecule has 5 atom stereocenters. The number of hydrogen-bond donors (Lipinski definition) is 4. The van der Waals surface area contributed by atoms with Crippen molar-refractivity contribution >= 4 is 22.8 Å². The number of aromatic nitrogens is 5. The fourth-order valence-corrected chi connectivity index (χ4v) is 4.78. The van der Waals surface area contributed by atoms with Crippen LogP contribution in [0.15, 0.2) is 31.0 Å². The van der Waals surface area contributed by atoms with Crippen molar-refractivity contribution in [1.82, 2.24) is 24.5 Å². The summed E-state index contributed by atoms with van der Waals surface area (Å²) in [5.74, 6) is 0.546. The Bertz CT molecular complexity index is 1160. The van der Waals surface area contributed by atoms with Gasteiger partial charge in [-0.1, -0.05) is 0 Å². The van der Waals surface area contributed by atoms with Crippen molar-refractivity contribution in [3.63, 3.8) is 0 Å². The Balaban J connectivity index is 1.31. The molecule has 3 aromatic heterocycles. The molecule has 4 N–H and O–H groups in total. The second-order valence-corrected chi connectivity index (χ2v) is 8.75. The third kappa shape index (κ3) is 4.03. The van der Waals surface area contributed by atoms with Crippen LogP contribution in [-0.4, -0.2) is 77.8 Å². The highest BCUT2D eigenvalue weighted by molar-refractivity contribution is 5.83. The molecule has 1 aliphatic carbocycles. The normalized spacial score (nSPS) is 27.6. The molecular formula is C21H24F3N7O3. The van der Waals surface area contributed by atoms with E-state index >= 15 is 0 Å². The summed E-state index contributed by atoms with van der Waals surface area (Å²) in [7, 11) is 0. The molecule has 0 radical (unpaired) electrons. The number of pyridine rings is 1. The van der Waals surface area contributed by atoms with Crippen molar-refractivity contribution in [2.45, 2.75) is 43.3 Å². The van der Waals surface area contributed by atoms with E-state index < -0.39 is 35.9 Å². The first-order valence-corrected chi connectivity index (χ1v) is 11.0. The highest BCUT2D eigenvalue weighted by Crippen LogP contribution is 2.37. The Morgan fingerprint density at radius 3 is 2.59 bits per heavy atom. The van der Waals surface area contributed by atoms with E-state index in [1.54, 1.807) is 4.57 Å². The summed E-state index contributed by atoms with van der Waals surface area (Å²) in [5, 5.41) is 33.4. The molecule has 13 heteroatoms. The Labute approximate surface area is 192 Å². The minimum Gasteiger partial charge on any atom is -0.396 e. The van der Waals surface area contributed by atoms with Crippen LogP contribution >= 0.6 is 0 Å². The Morgan fingerprint density at radius 1 is 1.09 bits per heavy atom. The van der Waals surface area contributed by atoms with Gasteiger partial charge in [-0.3, -0.25) is 0 Å². The number of halogens is 3. The van der Waals surface area contributed by atoms with Crippen LogP contribution in [0.1, 0.15) is 24.4 Å². The standard InChI is InChI=1S/C21H24F3N7O3/c22-21(23,24)12-1-2-15(25-6-12)30-4-3-13(7-30)29-19-16-20(27-9-26-19)31(10-28-16)14-5-11(8-32)17(33)18(14)34/h1-2,6,9-11,13-14,17-18,32-34H,3-5,7-8H2,(H,26,27,29)/t11-,13+,14-,17-,18+/m1/s1. The lowest BCUT2D eigenvalue weighted by molar-refractivity contribution is -0.137. The lowest BCUT2D eigenvalue weighted by atomic mass is 10.1. The average molecular weight is 479 g/mol. The minimum atomic E-state index is -4.42. The van der Waals surface area contributed by atoms with E-state index in [0.717, 1.165) is 18.7 Å². The summed E-state index contributed by atoms with van der Waals surface area (Å²) in [6, 6.07) is 1.88. The second-order valence-electron chi connectivity index (χ2n) is 8.75. The Hall–Kier alpha value is -3.03. The molecule has 5 rings (SSSR count). The van der Waals surface area contributed by atoms with E-state index in [9.17, 15) is 28.5 Å². The summed E-state index contributed by atoms with van der Waals surface area (Å²) < 4.78 is 40.1. The molecule has 10 nitrogen and oxygen atoms in total. The number of aliphatic hydroxyl groups excluding tert-OH is 3. The third-order valence-corrected chi connectivity index (χ3v) is 6.65. The highest BCUT2D eigenvalue weighted by atomic mass is 19.4. The largest absolute Gasteiger partial charge is 0.417 e. The maximum atomic E-state index is 12.8. The SMILES string of the molecule is OC[C@H]1C[C@@H](n2cnc3c(N[C@H]4CCN(c5ccc(C(F)(F)F)cn5)C4)ncnc32)[C@H](O)[C@@H]1O. The maximum Gasteiger partial charge on any atom is 0.417 e. The predicted octanol–water partition coefficient (Wildman–Crippen LogP) is 1.21. The molecule has 2 fully saturated rings. The minimum absolute atomic E-state index is 0.0370. The lowest BCUT2D eigenvalue weighted by Crippen LogP contribution is -2.30. The smallest absolute Gasteiger partial charge is 0.396 e. The first-order chi connectivity index (χ1) is 16.3. The second kappa shape index (κ2) is 8.64. The first-order valence-electron chi connectivity index (χ1n) is 11.0. The van der Waals surface area contributed by atoms with Gasteiger partial charge in [0.2, 0.25) is 0 Å². The quantitative estimate of drug-likeness (QED) is 0.426. The van der Waals surface area contributed by atoms with Crippen molar-refractivity contribution in [3.05, 3.63) is 36.5 Å². The zero-order valence-electron chi connectivity index (χ0n) is 18.0. The van der Waals surface area contributed by atoms with Gasteiger partial charge in [-0.15, -0.1) is 0 Å². The number of hydrogen-bond acceptors (Lipinski definition) is 9. The molecule has 0 amide bonds. The molecule has 0 spiro atoms. The number of nitrogens with zero attached hydrogens (tertiary/aromatic N) is 6. The van der Waals surface area contributed by atoms with Crippen molar-refractivity contribution < 1.29 is 28.5 Å². The average Bonchev–Trinajstić information content (AvgIpc) is 3.52. The van der Waals surface area contributed by atoms with Crippen LogP contribution in [0, 0.1) is 5.92 Å². The number of aliphatic hydroxyl groups is 3. The topological polar surface area (TPSA) is 132 Å². The van der Waals surface area contributed by atoms with Crippen LogP contribution in [0.25, 0.3) is 11.2 Å². The molecule has 0 bridgehead atoms. The van der Waals surface area contributed by atoms with Gasteiger partial charge in [0.25, 0.3) is 0 Å². The molecule has 1 saturated heterocycles. The molecular weight excluding hydrogens is 455 g/mol. The molecule has 182 valence electrons. The molecule has 0 unspecified atom stereocenters. The summed E-state index contributed by atoms with van der Waals surface area (Å²) in [5.41, 5.74) is 0.212. The summed E-state index contributed by atoms with van der Waals surface area (Å²) in [4.78, 5) is 18.9. The fourth-order valence-electron chi connectivity index (χ4n) is 4.78. The Morgan fingerprint density at radius 2 is 1.91 bits per heavy atom. The summed E-state index contributed by atoms with van der Waals surface area (Å²) >= 11 is 0. The highest BCUT2D eigenvalue weighted by Gasteiger charge is 2.42. The van der Waals surface area contributed by atoms with Crippen LogP contribution in [0.4, 0.5) is 24.8 Å². The van der Waals surface area contributed by atoms with E-state index in [1.165, 1.54) is 18.7 Å². The van der Waals surface area contributed by atoms with Gasteiger partial charge in [-0.05, 0) is 25.0 Å². The fraction of sp³-hybridized carbons (Fsp3) is 0.524. The number of alkyl halides is 3. The van der Waals surface area contributed by atoms with Gasteiger partial charge < -0.3 is 30.1 Å². The van der Waals surface area contributed by atoms with Gasteiger partial charge in [0.05, 0.1) is 24.0 Å². The molecule has 1 aliphatic heterocycles. The summed E-state index contributed by atoms with van der Waals surface area (Å²) in [6.45, 7) is 0.915. The van der Waals surface area contributed by atoms with Crippen molar-refractivity contribution in [1.29, 1.82) is 0 Å². The lowest BCUT2D eigenvalue weighted by Gasteiger charge is -2.19. The molecule has 0 aromatic carbocycles. The molecule has 3 aromatic rings. The van der Waals surface area contributed by atoms with Gasteiger partial charge in [-0.2, -0.15) is 13.2 Å². The zero-order chi connectivity index (χ0) is 24.0. The van der Waals surface area contributed by atoms with Crippen molar-refractivity contribution in [2.24, 2.45) is 5.92 Å². The number of fused-ring (bicyclic) bond motifs is 1. The summed E-state index contributed by atoms with van der Waals surface area (Å²) in [6.07, 6.45) is -1.64. The van der Waals surface area contributed by atoms with E-state index in [4.69, 9.17) is 0 Å². The van der Waals surface area contributed by atoms with Crippen molar-refractivity contribution in [2.75, 3.05) is 29.9 Å². The van der Waals surface area contributed by atoms with Crippen LogP contribution in [0.2, 0.25) is 0 Å². The van der Waals surface area contributed by atoms with Crippen molar-refractivity contribution in [3.8, 4) is 0 Å². The van der Waals surface area contributed by atoms with E-state index in [0.29, 0.717) is 42.3 Å². The zero-order valence-corrected chi connectivity index (χ0v) is 18.0. The van der Waals surface area contributed by atoms with Gasteiger partial charge in [0.1, 0.15) is 23.8 Å². The van der Waals surface area contributed by atoms with Gasteiger partial charge in [-0.25, -0.2) is 19.9 Å². The first kappa shape index (κ1) is 22.7. The van der Waals surface area contributed by atoms with Crippen LogP contribution in [0.5, 0.6) is 0 Å².